The van der Waals surface area contributed by atoms with Crippen molar-refractivity contribution in [2.75, 3.05) is 12.4 Å². The number of hydrogen-bond acceptors (Lipinski definition) is 6. The van der Waals surface area contributed by atoms with Gasteiger partial charge in [-0.2, -0.15) is 19.9 Å². The second kappa shape index (κ2) is 8.32. The summed E-state index contributed by atoms with van der Waals surface area (Å²) < 4.78 is 8.13. The number of aromatic nitrogens is 6. The molecule has 3 aromatic heterocycles. The molecule has 0 aliphatic heterocycles. The molecule has 170 valence electrons. The summed E-state index contributed by atoms with van der Waals surface area (Å²) in [4.78, 5) is 33.0. The van der Waals surface area contributed by atoms with E-state index >= 15 is 0 Å². The number of hydrogen-bond donors (Lipinski definition) is 2. The van der Waals surface area contributed by atoms with Crippen molar-refractivity contribution in [1.29, 1.82) is 0 Å². The Balaban J connectivity index is 1.55. The topological polar surface area (TPSA) is 120 Å². The van der Waals surface area contributed by atoms with Crippen molar-refractivity contribution in [1.82, 2.24) is 29.5 Å². The molecular formula is C24H21N7O3. The van der Waals surface area contributed by atoms with Crippen molar-refractivity contribution in [3.05, 3.63) is 88.0 Å². The van der Waals surface area contributed by atoms with Gasteiger partial charge in [0.1, 0.15) is 17.0 Å². The SMILES string of the molecule is COc1ccc(C(=O)Nc2cc(C)nn2-c2nc3c(cnn3-c3ccc(C)cc3)c(=O)[nH]2)cc1. The third-order valence-corrected chi connectivity index (χ3v) is 5.33. The van der Waals surface area contributed by atoms with E-state index in [1.807, 2.05) is 31.2 Å². The summed E-state index contributed by atoms with van der Waals surface area (Å²) in [5.74, 6) is 0.835. The predicted molar refractivity (Wildman–Crippen MR) is 127 cm³/mol. The van der Waals surface area contributed by atoms with Crippen molar-refractivity contribution >= 4 is 22.8 Å². The minimum atomic E-state index is -0.362. The summed E-state index contributed by atoms with van der Waals surface area (Å²) in [5, 5.41) is 11.9. The van der Waals surface area contributed by atoms with E-state index in [4.69, 9.17) is 4.74 Å². The molecule has 2 N–H and O–H groups in total. The first-order valence-electron chi connectivity index (χ1n) is 10.5. The molecule has 0 aliphatic carbocycles. The van der Waals surface area contributed by atoms with Gasteiger partial charge in [0.2, 0.25) is 5.95 Å². The average molecular weight is 455 g/mol. The van der Waals surface area contributed by atoms with Crippen LogP contribution in [0, 0.1) is 13.8 Å². The van der Waals surface area contributed by atoms with Crippen LogP contribution in [0.4, 0.5) is 5.82 Å². The number of nitrogens with zero attached hydrogens (tertiary/aromatic N) is 5. The summed E-state index contributed by atoms with van der Waals surface area (Å²) in [6.45, 7) is 3.78. The van der Waals surface area contributed by atoms with Gasteiger partial charge in [-0.1, -0.05) is 17.7 Å². The van der Waals surface area contributed by atoms with E-state index in [0.717, 1.165) is 11.3 Å². The zero-order chi connectivity index (χ0) is 23.8. The van der Waals surface area contributed by atoms with Crippen molar-refractivity contribution in [2.45, 2.75) is 13.8 Å². The number of amides is 1. The lowest BCUT2D eigenvalue weighted by molar-refractivity contribution is 0.102. The molecule has 3 heterocycles. The molecule has 10 heteroatoms. The van der Waals surface area contributed by atoms with Gasteiger partial charge < -0.3 is 10.1 Å². The second-order valence-electron chi connectivity index (χ2n) is 7.78. The molecule has 0 spiro atoms. The maximum Gasteiger partial charge on any atom is 0.263 e. The van der Waals surface area contributed by atoms with Crippen LogP contribution in [0.5, 0.6) is 5.75 Å². The van der Waals surface area contributed by atoms with E-state index in [1.54, 1.807) is 49.0 Å². The van der Waals surface area contributed by atoms with E-state index in [1.165, 1.54) is 10.9 Å². The fraction of sp³-hybridized carbons (Fsp3) is 0.125. The highest BCUT2D eigenvalue weighted by molar-refractivity contribution is 6.04. The van der Waals surface area contributed by atoms with Gasteiger partial charge in [0.05, 0.1) is 24.7 Å². The number of H-pyrrole nitrogens is 1. The average Bonchev–Trinajstić information content (AvgIpc) is 3.43. The van der Waals surface area contributed by atoms with Crippen LogP contribution in [-0.2, 0) is 0 Å². The van der Waals surface area contributed by atoms with E-state index in [2.05, 4.69) is 25.5 Å². The van der Waals surface area contributed by atoms with E-state index in [-0.39, 0.29) is 17.4 Å². The Morgan fingerprint density at radius 2 is 1.76 bits per heavy atom. The molecular weight excluding hydrogens is 434 g/mol. The lowest BCUT2D eigenvalue weighted by atomic mass is 10.2. The quantitative estimate of drug-likeness (QED) is 0.420. The summed E-state index contributed by atoms with van der Waals surface area (Å²) in [7, 11) is 1.56. The molecule has 10 nitrogen and oxygen atoms in total. The summed E-state index contributed by atoms with van der Waals surface area (Å²) in [6.07, 6.45) is 1.48. The molecule has 0 aliphatic rings. The fourth-order valence-corrected chi connectivity index (χ4v) is 3.56. The number of methoxy groups -OCH3 is 1. The highest BCUT2D eigenvalue weighted by Gasteiger charge is 2.17. The number of aromatic amines is 1. The van der Waals surface area contributed by atoms with Crippen LogP contribution in [-0.4, -0.2) is 42.5 Å². The van der Waals surface area contributed by atoms with Crippen LogP contribution in [0.25, 0.3) is 22.7 Å². The lowest BCUT2D eigenvalue weighted by Gasteiger charge is -2.09. The highest BCUT2D eigenvalue weighted by Crippen LogP contribution is 2.19. The number of benzene rings is 2. The van der Waals surface area contributed by atoms with Gasteiger partial charge in [-0.15, -0.1) is 0 Å². The molecule has 0 unspecified atom stereocenters. The first-order chi connectivity index (χ1) is 16.4. The molecule has 0 fully saturated rings. The minimum absolute atomic E-state index is 0.157. The zero-order valence-electron chi connectivity index (χ0n) is 18.7. The number of rotatable bonds is 5. The van der Waals surface area contributed by atoms with Crippen molar-refractivity contribution < 1.29 is 9.53 Å². The van der Waals surface area contributed by atoms with Gasteiger partial charge >= 0.3 is 0 Å². The molecule has 34 heavy (non-hydrogen) atoms. The van der Waals surface area contributed by atoms with E-state index in [9.17, 15) is 9.59 Å². The van der Waals surface area contributed by atoms with Gasteiger partial charge in [-0.25, -0.2) is 4.68 Å². The Kier molecular flexibility index (Phi) is 5.17. The van der Waals surface area contributed by atoms with Gasteiger partial charge in [0, 0.05) is 11.6 Å². The number of nitrogens with one attached hydrogen (secondary N) is 2. The molecule has 1 amide bonds. The standard InChI is InChI=1S/C24H21N7O3/c1-14-4-8-17(9-5-14)30-21-19(13-25-30)23(33)28-24(27-21)31-20(12-15(2)29-31)26-22(32)16-6-10-18(34-3)11-7-16/h4-13H,1-3H3,(H,26,32)(H,27,28,33). The van der Waals surface area contributed by atoms with Crippen LogP contribution in [0.3, 0.4) is 0 Å². The molecule has 2 aromatic carbocycles. The number of anilines is 1. The second-order valence-corrected chi connectivity index (χ2v) is 7.78. The Morgan fingerprint density at radius 1 is 1.03 bits per heavy atom. The van der Waals surface area contributed by atoms with Gasteiger partial charge in [-0.3, -0.25) is 14.6 Å². The summed E-state index contributed by atoms with van der Waals surface area (Å²) >= 11 is 0. The number of carbonyl (C=O) groups excluding carboxylic acids is 1. The molecule has 0 radical (unpaired) electrons. The monoisotopic (exact) mass is 455 g/mol. The van der Waals surface area contributed by atoms with Gasteiger partial charge in [0.25, 0.3) is 11.5 Å². The maximum atomic E-state index is 12.8. The predicted octanol–water partition coefficient (Wildman–Crippen LogP) is 3.17. The van der Waals surface area contributed by atoms with E-state index < -0.39 is 0 Å². The van der Waals surface area contributed by atoms with Crippen LogP contribution in [0.15, 0.2) is 65.6 Å². The number of ether oxygens (including phenoxy) is 1. The summed E-state index contributed by atoms with van der Waals surface area (Å²) in [6, 6.07) is 16.2. The smallest absolute Gasteiger partial charge is 0.263 e. The molecule has 0 atom stereocenters. The molecule has 0 saturated carbocycles. The largest absolute Gasteiger partial charge is 0.497 e. The van der Waals surface area contributed by atoms with Crippen LogP contribution >= 0.6 is 0 Å². The Morgan fingerprint density at radius 3 is 2.47 bits per heavy atom. The number of fused-ring (bicyclic) bond motifs is 1. The van der Waals surface area contributed by atoms with Crippen molar-refractivity contribution in [2.24, 2.45) is 0 Å². The third-order valence-electron chi connectivity index (χ3n) is 5.33. The first-order valence-corrected chi connectivity index (χ1v) is 10.5. The first kappa shape index (κ1) is 21.1. The fourth-order valence-electron chi connectivity index (χ4n) is 3.56. The van der Waals surface area contributed by atoms with Crippen molar-refractivity contribution in [3.8, 4) is 17.4 Å². The number of carbonyl (C=O) groups is 1. The zero-order valence-corrected chi connectivity index (χ0v) is 18.7. The highest BCUT2D eigenvalue weighted by atomic mass is 16.5. The lowest BCUT2D eigenvalue weighted by Crippen LogP contribution is -2.19. The molecule has 5 rings (SSSR count). The molecule has 0 saturated heterocycles. The number of aryl methyl sites for hydroxylation is 2. The molecule has 5 aromatic rings. The normalized spacial score (nSPS) is 11.0. The van der Waals surface area contributed by atoms with Gasteiger partial charge in [-0.05, 0) is 50.2 Å². The van der Waals surface area contributed by atoms with Crippen molar-refractivity contribution in [3.63, 3.8) is 0 Å². The van der Waals surface area contributed by atoms with E-state index in [0.29, 0.717) is 33.9 Å². The Labute approximate surface area is 193 Å². The summed E-state index contributed by atoms with van der Waals surface area (Å²) in [5.41, 5.74) is 2.98. The Bertz CT molecular complexity index is 1560. The van der Waals surface area contributed by atoms with Crippen LogP contribution in [0.2, 0.25) is 0 Å². The Hall–Kier alpha value is -4.73. The maximum absolute atomic E-state index is 12.8. The van der Waals surface area contributed by atoms with Gasteiger partial charge in [0.15, 0.2) is 5.65 Å². The third kappa shape index (κ3) is 3.81. The minimum Gasteiger partial charge on any atom is -0.497 e. The van der Waals surface area contributed by atoms with Crippen LogP contribution in [0.1, 0.15) is 21.6 Å². The molecule has 0 bridgehead atoms. The van der Waals surface area contributed by atoms with Crippen LogP contribution < -0.4 is 15.6 Å².